The lowest BCUT2D eigenvalue weighted by Gasteiger charge is -2.34. The fourth-order valence-corrected chi connectivity index (χ4v) is 3.29. The molecule has 1 atom stereocenters. The highest BCUT2D eigenvalue weighted by Gasteiger charge is 2.22. The van der Waals surface area contributed by atoms with Crippen LogP contribution in [0.25, 0.3) is 6.08 Å². The average molecular weight is 345 g/mol. The van der Waals surface area contributed by atoms with Gasteiger partial charge in [0, 0.05) is 34.4 Å². The molecular formula is C15H19BrClNO. The normalized spacial score (nSPS) is 19.3. The Morgan fingerprint density at radius 1 is 1.53 bits per heavy atom. The number of rotatable bonds is 3. The summed E-state index contributed by atoms with van der Waals surface area (Å²) in [6.45, 7) is 6.74. The van der Waals surface area contributed by atoms with Crippen molar-refractivity contribution < 1.29 is 4.74 Å². The fraction of sp³-hybridized carbons (Fsp3) is 0.467. The van der Waals surface area contributed by atoms with Gasteiger partial charge in [0.25, 0.3) is 0 Å². The van der Waals surface area contributed by atoms with Crippen LogP contribution in [0.15, 0.2) is 17.1 Å². The van der Waals surface area contributed by atoms with E-state index >= 15 is 0 Å². The predicted molar refractivity (Wildman–Crippen MR) is 86.0 cm³/mol. The van der Waals surface area contributed by atoms with Crippen LogP contribution in [0.1, 0.15) is 30.4 Å². The van der Waals surface area contributed by atoms with Gasteiger partial charge >= 0.3 is 0 Å². The van der Waals surface area contributed by atoms with Gasteiger partial charge in [0.1, 0.15) is 6.23 Å². The monoisotopic (exact) mass is 343 g/mol. The molecule has 4 heteroatoms. The molecule has 19 heavy (non-hydrogen) atoms. The quantitative estimate of drug-likeness (QED) is 0.763. The van der Waals surface area contributed by atoms with E-state index in [2.05, 4.69) is 34.5 Å². The summed E-state index contributed by atoms with van der Waals surface area (Å²) in [7, 11) is 2.05. The van der Waals surface area contributed by atoms with Crippen molar-refractivity contribution >= 4 is 39.3 Å². The van der Waals surface area contributed by atoms with Crippen molar-refractivity contribution in [3.8, 4) is 0 Å². The molecule has 0 spiro atoms. The summed E-state index contributed by atoms with van der Waals surface area (Å²) < 4.78 is 6.84. The maximum Gasteiger partial charge on any atom is 0.129 e. The van der Waals surface area contributed by atoms with Crippen LogP contribution in [-0.4, -0.2) is 19.9 Å². The zero-order valence-electron chi connectivity index (χ0n) is 11.4. The molecule has 2 nitrogen and oxygen atoms in total. The van der Waals surface area contributed by atoms with Crippen LogP contribution in [0.2, 0.25) is 5.02 Å². The molecule has 0 aliphatic carbocycles. The van der Waals surface area contributed by atoms with Gasteiger partial charge in [-0.2, -0.15) is 0 Å². The zero-order valence-corrected chi connectivity index (χ0v) is 13.7. The summed E-state index contributed by atoms with van der Waals surface area (Å²) in [5.41, 5.74) is 3.17. The molecule has 2 rings (SSSR count). The highest BCUT2D eigenvalue weighted by atomic mass is 79.9. The summed E-state index contributed by atoms with van der Waals surface area (Å²) in [4.78, 5) is 2.16. The van der Waals surface area contributed by atoms with Crippen molar-refractivity contribution in [3.05, 3.63) is 33.3 Å². The van der Waals surface area contributed by atoms with Crippen LogP contribution >= 0.6 is 27.5 Å². The highest BCUT2D eigenvalue weighted by Crippen LogP contribution is 2.37. The van der Waals surface area contributed by atoms with Gasteiger partial charge in [-0.15, -0.1) is 0 Å². The second-order valence-corrected chi connectivity index (χ2v) is 6.07. The number of hydrogen-bond donors (Lipinski definition) is 0. The first kappa shape index (κ1) is 14.9. The maximum atomic E-state index is 6.30. The zero-order chi connectivity index (χ0) is 14.0. The first-order chi connectivity index (χ1) is 9.06. The Morgan fingerprint density at radius 3 is 2.84 bits per heavy atom. The van der Waals surface area contributed by atoms with Gasteiger partial charge in [-0.25, -0.2) is 0 Å². The topological polar surface area (TPSA) is 12.5 Å². The summed E-state index contributed by atoms with van der Waals surface area (Å²) in [5, 5.41) is 0.759. The third-order valence-electron chi connectivity index (χ3n) is 3.64. The summed E-state index contributed by atoms with van der Waals surface area (Å²) in [6.07, 6.45) is 5.40. The Labute approximate surface area is 128 Å². The minimum atomic E-state index is 0.123. The Bertz CT molecular complexity index is 484. The molecule has 0 aromatic heterocycles. The predicted octanol–water partition coefficient (Wildman–Crippen LogP) is 5.02. The van der Waals surface area contributed by atoms with E-state index < -0.39 is 0 Å². The molecule has 1 aromatic carbocycles. The molecule has 104 valence electrons. The van der Waals surface area contributed by atoms with Crippen molar-refractivity contribution in [1.82, 2.24) is 0 Å². The number of hydrogen-bond acceptors (Lipinski definition) is 2. The lowest BCUT2D eigenvalue weighted by molar-refractivity contribution is 0.0174. The molecule has 1 aliphatic rings. The van der Waals surface area contributed by atoms with Gasteiger partial charge in [0.2, 0.25) is 0 Å². The van der Waals surface area contributed by atoms with Gasteiger partial charge in [0.15, 0.2) is 0 Å². The van der Waals surface area contributed by atoms with Gasteiger partial charge in [-0.05, 0) is 53.7 Å². The van der Waals surface area contributed by atoms with Crippen LogP contribution in [0, 0.1) is 6.92 Å². The third-order valence-corrected chi connectivity index (χ3v) is 5.05. The van der Waals surface area contributed by atoms with Gasteiger partial charge in [-0.3, -0.25) is 0 Å². The Hall–Kier alpha value is -0.510. The van der Waals surface area contributed by atoms with E-state index in [1.807, 2.05) is 19.1 Å². The van der Waals surface area contributed by atoms with E-state index in [0.717, 1.165) is 45.8 Å². The van der Waals surface area contributed by atoms with E-state index in [4.69, 9.17) is 16.3 Å². The largest absolute Gasteiger partial charge is 0.358 e. The van der Waals surface area contributed by atoms with Gasteiger partial charge < -0.3 is 9.64 Å². The molecule has 0 bridgehead atoms. The standard InChI is InChI=1S/C15H19BrClNO/c1-4-11-13(9-12(17)10(2)15(11)16)18(3)14-7-5-6-8-19-14/h4,9,14H,1,5-8H2,2-3H3. The van der Waals surface area contributed by atoms with Crippen molar-refractivity contribution in [1.29, 1.82) is 0 Å². The second kappa shape index (κ2) is 6.29. The number of halogens is 2. The molecule has 0 N–H and O–H groups in total. The molecule has 1 heterocycles. The van der Waals surface area contributed by atoms with E-state index in [1.165, 1.54) is 6.42 Å². The Morgan fingerprint density at radius 2 is 2.26 bits per heavy atom. The van der Waals surface area contributed by atoms with E-state index in [0.29, 0.717) is 0 Å². The van der Waals surface area contributed by atoms with Gasteiger partial charge in [-0.1, -0.05) is 24.3 Å². The van der Waals surface area contributed by atoms with E-state index in [-0.39, 0.29) is 6.23 Å². The van der Waals surface area contributed by atoms with Crippen LogP contribution in [0.5, 0.6) is 0 Å². The lowest BCUT2D eigenvalue weighted by Crippen LogP contribution is -2.37. The summed E-state index contributed by atoms with van der Waals surface area (Å²) in [6, 6.07) is 2.00. The summed E-state index contributed by atoms with van der Waals surface area (Å²) in [5.74, 6) is 0. The second-order valence-electron chi connectivity index (χ2n) is 4.87. The molecule has 1 unspecified atom stereocenters. The number of benzene rings is 1. The van der Waals surface area contributed by atoms with Crippen LogP contribution in [0.3, 0.4) is 0 Å². The lowest BCUT2D eigenvalue weighted by atomic mass is 10.1. The van der Waals surface area contributed by atoms with E-state index in [9.17, 15) is 0 Å². The van der Waals surface area contributed by atoms with Crippen molar-refractivity contribution in [2.24, 2.45) is 0 Å². The maximum absolute atomic E-state index is 6.30. The molecule has 1 fully saturated rings. The van der Waals surface area contributed by atoms with Gasteiger partial charge in [0.05, 0.1) is 0 Å². The van der Waals surface area contributed by atoms with E-state index in [1.54, 1.807) is 0 Å². The van der Waals surface area contributed by atoms with Crippen molar-refractivity contribution in [2.45, 2.75) is 32.4 Å². The average Bonchev–Trinajstić information content (AvgIpc) is 2.44. The molecule has 0 amide bonds. The highest BCUT2D eigenvalue weighted by molar-refractivity contribution is 9.10. The number of nitrogens with zero attached hydrogens (tertiary/aromatic N) is 1. The van der Waals surface area contributed by atoms with Crippen LogP contribution in [-0.2, 0) is 4.74 Å². The van der Waals surface area contributed by atoms with Crippen LogP contribution < -0.4 is 4.90 Å². The Kier molecular flexibility index (Phi) is 4.93. The smallest absolute Gasteiger partial charge is 0.129 e. The fourth-order valence-electron chi connectivity index (χ4n) is 2.40. The minimum absolute atomic E-state index is 0.123. The molecule has 0 saturated carbocycles. The van der Waals surface area contributed by atoms with Crippen LogP contribution in [0.4, 0.5) is 5.69 Å². The first-order valence-electron chi connectivity index (χ1n) is 6.51. The number of anilines is 1. The summed E-state index contributed by atoms with van der Waals surface area (Å²) >= 11 is 9.91. The Balaban J connectivity index is 2.40. The third kappa shape index (κ3) is 2.99. The first-order valence-corrected chi connectivity index (χ1v) is 7.68. The van der Waals surface area contributed by atoms with Crippen molar-refractivity contribution in [2.75, 3.05) is 18.6 Å². The van der Waals surface area contributed by atoms with Crippen molar-refractivity contribution in [3.63, 3.8) is 0 Å². The SMILES string of the molecule is C=Cc1c(N(C)C2CCCCO2)cc(Cl)c(C)c1Br. The molecule has 1 aromatic rings. The molecular weight excluding hydrogens is 326 g/mol. The number of ether oxygens (including phenoxy) is 1. The molecule has 0 radical (unpaired) electrons. The molecule has 1 aliphatic heterocycles. The minimum Gasteiger partial charge on any atom is -0.358 e. The molecule has 1 saturated heterocycles.